The SMILES string of the molecule is CCCC/C=C\C/C=C\CCCCCCCC(=O)OCCCC/C=C\CCCCCCC(=O)NC(CO)C(O)/C=C/CCCCCCCCCCCCCCCCCCCCC. The largest absolute Gasteiger partial charge is 0.466 e. The van der Waals surface area contributed by atoms with E-state index < -0.39 is 12.1 Å². The van der Waals surface area contributed by atoms with Crippen molar-refractivity contribution in [3.05, 3.63) is 48.6 Å². The summed E-state index contributed by atoms with van der Waals surface area (Å²) in [6.07, 6.45) is 64.1. The maximum absolute atomic E-state index is 12.4. The van der Waals surface area contributed by atoms with Gasteiger partial charge in [-0.1, -0.05) is 223 Å². The summed E-state index contributed by atoms with van der Waals surface area (Å²) in [5.41, 5.74) is 0. The highest BCUT2D eigenvalue weighted by molar-refractivity contribution is 5.76. The molecule has 0 rings (SSSR count). The highest BCUT2D eigenvalue weighted by Gasteiger charge is 2.18. The number of aliphatic hydroxyl groups excluding tert-OH is 2. The van der Waals surface area contributed by atoms with Crippen LogP contribution in [0, 0.1) is 0 Å². The molecule has 2 atom stereocenters. The van der Waals surface area contributed by atoms with Gasteiger partial charge in [-0.2, -0.15) is 0 Å². The molecule has 0 radical (unpaired) electrons. The van der Waals surface area contributed by atoms with Crippen LogP contribution in [0.2, 0.25) is 0 Å². The van der Waals surface area contributed by atoms with Crippen molar-refractivity contribution >= 4 is 11.9 Å². The molecule has 2 unspecified atom stereocenters. The number of rotatable bonds is 49. The van der Waals surface area contributed by atoms with Crippen LogP contribution < -0.4 is 5.32 Å². The van der Waals surface area contributed by atoms with E-state index in [0.29, 0.717) is 19.4 Å². The molecule has 0 heterocycles. The molecule has 0 aliphatic carbocycles. The van der Waals surface area contributed by atoms with Crippen molar-refractivity contribution in [3.8, 4) is 0 Å². The van der Waals surface area contributed by atoms with Crippen molar-refractivity contribution in [2.24, 2.45) is 0 Å². The second-order valence-electron chi connectivity index (χ2n) is 18.2. The Balaban J connectivity index is 3.58. The number of hydrogen-bond donors (Lipinski definition) is 3. The standard InChI is InChI=1S/C56H103NO5/c1-3-5-7-9-11-13-15-17-19-20-21-22-23-24-25-26-28-32-36-40-44-48-54(59)53(52-58)57-55(60)49-45-41-37-33-30-31-35-39-43-47-51-62-56(61)50-46-42-38-34-29-27-18-16-14-12-10-8-6-4-2/h10,12,16,18,31,35,44,48,53-54,58-59H,3-9,11,13-15,17,19-30,32-34,36-43,45-47,49-52H2,1-2H3,(H,57,60)/b12-10-,18-16-,35-31-,48-44+. The van der Waals surface area contributed by atoms with E-state index in [1.54, 1.807) is 6.08 Å². The van der Waals surface area contributed by atoms with Gasteiger partial charge in [0.15, 0.2) is 0 Å². The molecule has 0 aromatic heterocycles. The number of allylic oxidation sites excluding steroid dienone is 7. The first-order valence-electron chi connectivity index (χ1n) is 26.9. The van der Waals surface area contributed by atoms with Gasteiger partial charge in [0.1, 0.15) is 0 Å². The Labute approximate surface area is 385 Å². The lowest BCUT2D eigenvalue weighted by molar-refractivity contribution is -0.143. The van der Waals surface area contributed by atoms with Crippen LogP contribution in [0.5, 0.6) is 0 Å². The van der Waals surface area contributed by atoms with Crippen molar-refractivity contribution in [2.75, 3.05) is 13.2 Å². The minimum Gasteiger partial charge on any atom is -0.466 e. The van der Waals surface area contributed by atoms with Gasteiger partial charge in [-0.25, -0.2) is 0 Å². The van der Waals surface area contributed by atoms with Crippen molar-refractivity contribution in [2.45, 2.75) is 283 Å². The van der Waals surface area contributed by atoms with Gasteiger partial charge >= 0.3 is 5.97 Å². The molecular weight excluding hydrogens is 767 g/mol. The van der Waals surface area contributed by atoms with Crippen LogP contribution in [-0.2, 0) is 14.3 Å². The van der Waals surface area contributed by atoms with E-state index >= 15 is 0 Å². The molecule has 62 heavy (non-hydrogen) atoms. The first-order chi connectivity index (χ1) is 30.5. The van der Waals surface area contributed by atoms with E-state index in [-0.39, 0.29) is 18.5 Å². The summed E-state index contributed by atoms with van der Waals surface area (Å²) in [5.74, 6) is -0.158. The molecular formula is C56H103NO5. The molecule has 1 amide bonds. The molecule has 0 aromatic rings. The summed E-state index contributed by atoms with van der Waals surface area (Å²) >= 11 is 0. The van der Waals surface area contributed by atoms with Crippen LogP contribution in [0.15, 0.2) is 48.6 Å². The second-order valence-corrected chi connectivity index (χ2v) is 18.2. The summed E-state index contributed by atoms with van der Waals surface area (Å²) in [5, 5.41) is 23.1. The molecule has 6 nitrogen and oxygen atoms in total. The monoisotopic (exact) mass is 870 g/mol. The van der Waals surface area contributed by atoms with Gasteiger partial charge in [-0.15, -0.1) is 0 Å². The van der Waals surface area contributed by atoms with E-state index in [4.69, 9.17) is 4.74 Å². The van der Waals surface area contributed by atoms with Crippen LogP contribution in [0.1, 0.15) is 271 Å². The minimum absolute atomic E-state index is 0.0534. The molecule has 0 aliphatic rings. The second kappa shape index (κ2) is 51.5. The summed E-state index contributed by atoms with van der Waals surface area (Å²) in [6, 6.07) is -0.656. The summed E-state index contributed by atoms with van der Waals surface area (Å²) < 4.78 is 5.42. The smallest absolute Gasteiger partial charge is 0.305 e. The zero-order chi connectivity index (χ0) is 45.1. The third-order valence-electron chi connectivity index (χ3n) is 12.1. The highest BCUT2D eigenvalue weighted by atomic mass is 16.5. The van der Waals surface area contributed by atoms with Crippen LogP contribution >= 0.6 is 0 Å². The molecule has 0 saturated carbocycles. The summed E-state index contributed by atoms with van der Waals surface area (Å²) in [6.45, 7) is 4.77. The molecule has 0 aromatic carbocycles. The van der Waals surface area contributed by atoms with Gasteiger partial charge in [0.05, 0.1) is 25.4 Å². The maximum atomic E-state index is 12.4. The van der Waals surface area contributed by atoms with Crippen LogP contribution in [0.25, 0.3) is 0 Å². The Morgan fingerprint density at radius 1 is 0.452 bits per heavy atom. The van der Waals surface area contributed by atoms with Crippen LogP contribution in [-0.4, -0.2) is 47.4 Å². The molecule has 6 heteroatoms. The fraction of sp³-hybridized carbons (Fsp3) is 0.821. The van der Waals surface area contributed by atoms with Crippen molar-refractivity contribution in [1.29, 1.82) is 0 Å². The number of unbranched alkanes of at least 4 members (excludes halogenated alkanes) is 32. The minimum atomic E-state index is -0.869. The van der Waals surface area contributed by atoms with Gasteiger partial charge < -0.3 is 20.3 Å². The molecule has 0 bridgehead atoms. The first-order valence-corrected chi connectivity index (χ1v) is 26.9. The first kappa shape index (κ1) is 59.8. The van der Waals surface area contributed by atoms with Gasteiger partial charge in [-0.3, -0.25) is 9.59 Å². The normalized spacial score (nSPS) is 13.0. The van der Waals surface area contributed by atoms with Gasteiger partial charge in [0, 0.05) is 12.8 Å². The average Bonchev–Trinajstić information content (AvgIpc) is 3.27. The number of esters is 1. The van der Waals surface area contributed by atoms with Crippen LogP contribution in [0.4, 0.5) is 0 Å². The number of ether oxygens (including phenoxy) is 1. The van der Waals surface area contributed by atoms with E-state index in [0.717, 1.165) is 89.9 Å². The maximum Gasteiger partial charge on any atom is 0.305 e. The Kier molecular flexibility index (Phi) is 49.6. The molecule has 3 N–H and O–H groups in total. The molecule has 0 fully saturated rings. The Bertz CT molecular complexity index is 1050. The summed E-state index contributed by atoms with van der Waals surface area (Å²) in [7, 11) is 0. The average molecular weight is 870 g/mol. The van der Waals surface area contributed by atoms with Gasteiger partial charge in [0.2, 0.25) is 5.91 Å². The number of nitrogens with one attached hydrogen (secondary N) is 1. The lowest BCUT2D eigenvalue weighted by Crippen LogP contribution is -2.45. The lowest BCUT2D eigenvalue weighted by atomic mass is 10.0. The van der Waals surface area contributed by atoms with E-state index in [2.05, 4.69) is 55.6 Å². The number of hydrogen-bond acceptors (Lipinski definition) is 5. The number of carbonyl (C=O) groups is 2. The van der Waals surface area contributed by atoms with Gasteiger partial charge in [0.25, 0.3) is 0 Å². The predicted octanol–water partition coefficient (Wildman–Crippen LogP) is 16.2. The van der Waals surface area contributed by atoms with Crippen molar-refractivity contribution < 1.29 is 24.5 Å². The Morgan fingerprint density at radius 2 is 0.823 bits per heavy atom. The third-order valence-corrected chi connectivity index (χ3v) is 12.1. The van der Waals surface area contributed by atoms with Gasteiger partial charge in [-0.05, 0) is 83.5 Å². The lowest BCUT2D eigenvalue weighted by Gasteiger charge is -2.20. The fourth-order valence-electron chi connectivity index (χ4n) is 7.88. The van der Waals surface area contributed by atoms with Crippen molar-refractivity contribution in [1.82, 2.24) is 5.32 Å². The number of amides is 1. The van der Waals surface area contributed by atoms with E-state index in [1.165, 1.54) is 154 Å². The highest BCUT2D eigenvalue weighted by Crippen LogP contribution is 2.16. The Hall–Kier alpha value is -2.18. The zero-order valence-electron chi connectivity index (χ0n) is 41.1. The zero-order valence-corrected chi connectivity index (χ0v) is 41.1. The molecule has 0 saturated heterocycles. The van der Waals surface area contributed by atoms with Crippen molar-refractivity contribution in [3.63, 3.8) is 0 Å². The number of carbonyl (C=O) groups excluding carboxylic acids is 2. The topological polar surface area (TPSA) is 95.9 Å². The third kappa shape index (κ3) is 47.3. The van der Waals surface area contributed by atoms with E-state index in [9.17, 15) is 19.8 Å². The van der Waals surface area contributed by atoms with Crippen LogP contribution in [0.3, 0.4) is 0 Å². The molecule has 0 aliphatic heterocycles. The summed E-state index contributed by atoms with van der Waals surface area (Å²) in [4.78, 5) is 24.5. The fourth-order valence-corrected chi connectivity index (χ4v) is 7.88. The quantitative estimate of drug-likeness (QED) is 0.0322. The molecule has 362 valence electrons. The predicted molar refractivity (Wildman–Crippen MR) is 269 cm³/mol. The van der Waals surface area contributed by atoms with E-state index in [1.807, 2.05) is 6.08 Å². The number of aliphatic hydroxyl groups is 2. The molecule has 0 spiro atoms. The Morgan fingerprint density at radius 3 is 1.29 bits per heavy atom.